The second kappa shape index (κ2) is 2.47. The number of nitrogens with zero attached hydrogens (tertiary/aromatic N) is 2. The van der Waals surface area contributed by atoms with Gasteiger partial charge < -0.3 is 5.73 Å². The van der Waals surface area contributed by atoms with E-state index in [2.05, 4.69) is 5.10 Å². The van der Waals surface area contributed by atoms with Crippen LogP contribution in [0.3, 0.4) is 0 Å². The number of carbonyl (C=O) groups excluding carboxylic acids is 1. The van der Waals surface area contributed by atoms with Crippen LogP contribution in [0.1, 0.15) is 18.6 Å². The number of rotatable bonds is 1. The molecule has 1 heterocycles. The second-order valence-corrected chi connectivity index (χ2v) is 2.98. The Bertz CT molecular complexity index is 245. The van der Waals surface area contributed by atoms with Crippen molar-refractivity contribution in [2.75, 3.05) is 0 Å². The van der Waals surface area contributed by atoms with E-state index in [0.717, 1.165) is 0 Å². The molecule has 4 heteroatoms. The Labute approximate surface area is 65.0 Å². The van der Waals surface area contributed by atoms with E-state index in [1.165, 1.54) is 4.68 Å². The standard InChI is InChI=1S/C7H11N3O/c1-7(2,8)6(11)10-5-3-4-9-10/h3-5H,8H2,1-2H3. The first-order chi connectivity index (χ1) is 5.02. The summed E-state index contributed by atoms with van der Waals surface area (Å²) in [7, 11) is 0. The molecule has 0 spiro atoms. The van der Waals surface area contributed by atoms with Gasteiger partial charge in [-0.05, 0) is 19.9 Å². The summed E-state index contributed by atoms with van der Waals surface area (Å²) in [6, 6.07) is 1.68. The van der Waals surface area contributed by atoms with Crippen LogP contribution in [0, 0.1) is 0 Å². The molecule has 0 aliphatic heterocycles. The minimum atomic E-state index is -0.855. The molecule has 11 heavy (non-hydrogen) atoms. The molecule has 0 fully saturated rings. The largest absolute Gasteiger partial charge is 0.318 e. The van der Waals surface area contributed by atoms with Crippen LogP contribution in [0.2, 0.25) is 0 Å². The van der Waals surface area contributed by atoms with Gasteiger partial charge in [-0.2, -0.15) is 5.10 Å². The summed E-state index contributed by atoms with van der Waals surface area (Å²) >= 11 is 0. The molecule has 1 rings (SSSR count). The zero-order chi connectivity index (χ0) is 8.48. The zero-order valence-corrected chi connectivity index (χ0v) is 6.61. The fraction of sp³-hybridized carbons (Fsp3) is 0.429. The van der Waals surface area contributed by atoms with Crippen LogP contribution < -0.4 is 5.73 Å². The zero-order valence-electron chi connectivity index (χ0n) is 6.61. The van der Waals surface area contributed by atoms with Crippen LogP contribution in [0.15, 0.2) is 18.5 Å². The molecule has 0 saturated heterocycles. The molecular weight excluding hydrogens is 142 g/mol. The predicted molar refractivity (Wildman–Crippen MR) is 41.1 cm³/mol. The van der Waals surface area contributed by atoms with Gasteiger partial charge in [0.05, 0.1) is 5.54 Å². The van der Waals surface area contributed by atoms with Gasteiger partial charge in [0, 0.05) is 12.4 Å². The minimum absolute atomic E-state index is 0.206. The predicted octanol–water partition coefficient (Wildman–Crippen LogP) is 0.261. The molecule has 0 saturated carbocycles. The Morgan fingerprint density at radius 2 is 2.27 bits per heavy atom. The van der Waals surface area contributed by atoms with E-state index >= 15 is 0 Å². The molecule has 1 aromatic heterocycles. The lowest BCUT2D eigenvalue weighted by Gasteiger charge is -2.15. The van der Waals surface area contributed by atoms with Gasteiger partial charge in [0.2, 0.25) is 0 Å². The van der Waals surface area contributed by atoms with Crippen molar-refractivity contribution < 1.29 is 4.79 Å². The first kappa shape index (κ1) is 7.94. The average molecular weight is 153 g/mol. The van der Waals surface area contributed by atoms with Crippen LogP contribution in [-0.2, 0) is 0 Å². The van der Waals surface area contributed by atoms with E-state index in [0.29, 0.717) is 0 Å². The number of hydrogen-bond acceptors (Lipinski definition) is 3. The van der Waals surface area contributed by atoms with Gasteiger partial charge in [0.1, 0.15) is 0 Å². The van der Waals surface area contributed by atoms with Crippen LogP contribution in [0.25, 0.3) is 0 Å². The molecule has 4 nitrogen and oxygen atoms in total. The first-order valence-corrected chi connectivity index (χ1v) is 3.35. The Morgan fingerprint density at radius 3 is 2.64 bits per heavy atom. The maximum absolute atomic E-state index is 11.3. The van der Waals surface area contributed by atoms with Crippen molar-refractivity contribution in [1.82, 2.24) is 9.78 Å². The lowest BCUT2D eigenvalue weighted by molar-refractivity contribution is 0.0810. The summed E-state index contributed by atoms with van der Waals surface area (Å²) in [6.45, 7) is 3.30. The second-order valence-electron chi connectivity index (χ2n) is 2.98. The molecule has 1 aromatic rings. The Kier molecular flexibility index (Phi) is 1.78. The number of aromatic nitrogens is 2. The summed E-state index contributed by atoms with van der Waals surface area (Å²) in [5.74, 6) is -0.206. The summed E-state index contributed by atoms with van der Waals surface area (Å²) in [4.78, 5) is 11.3. The molecule has 0 aromatic carbocycles. The van der Waals surface area contributed by atoms with Crippen LogP contribution in [-0.4, -0.2) is 21.2 Å². The van der Waals surface area contributed by atoms with Crippen molar-refractivity contribution in [3.05, 3.63) is 18.5 Å². The minimum Gasteiger partial charge on any atom is -0.318 e. The van der Waals surface area contributed by atoms with Gasteiger partial charge in [-0.25, -0.2) is 4.68 Å². The molecule has 0 aliphatic rings. The third-order valence-corrected chi connectivity index (χ3v) is 1.26. The number of carbonyl (C=O) groups is 1. The van der Waals surface area contributed by atoms with Crippen LogP contribution in [0.4, 0.5) is 0 Å². The molecule has 60 valence electrons. The first-order valence-electron chi connectivity index (χ1n) is 3.35. The molecule has 0 bridgehead atoms. The van der Waals surface area contributed by atoms with E-state index in [4.69, 9.17) is 5.73 Å². The third kappa shape index (κ3) is 1.65. The lowest BCUT2D eigenvalue weighted by atomic mass is 10.1. The van der Waals surface area contributed by atoms with Crippen LogP contribution >= 0.6 is 0 Å². The number of hydrogen-bond donors (Lipinski definition) is 1. The van der Waals surface area contributed by atoms with Gasteiger partial charge in [-0.15, -0.1) is 0 Å². The number of nitrogens with two attached hydrogens (primary N) is 1. The highest BCUT2D eigenvalue weighted by Crippen LogP contribution is 2.00. The van der Waals surface area contributed by atoms with E-state index in [-0.39, 0.29) is 5.91 Å². The summed E-state index contributed by atoms with van der Waals surface area (Å²) in [5, 5.41) is 3.77. The highest BCUT2D eigenvalue weighted by Gasteiger charge is 2.23. The molecular formula is C7H11N3O. The molecule has 0 unspecified atom stereocenters. The van der Waals surface area contributed by atoms with Gasteiger partial charge in [0.25, 0.3) is 5.91 Å². The highest BCUT2D eigenvalue weighted by atomic mass is 16.2. The fourth-order valence-electron chi connectivity index (χ4n) is 0.684. The Morgan fingerprint density at radius 1 is 1.64 bits per heavy atom. The molecule has 0 radical (unpaired) electrons. The summed E-state index contributed by atoms with van der Waals surface area (Å²) in [6.07, 6.45) is 3.13. The van der Waals surface area contributed by atoms with Crippen molar-refractivity contribution in [3.8, 4) is 0 Å². The maximum Gasteiger partial charge on any atom is 0.266 e. The fourth-order valence-corrected chi connectivity index (χ4v) is 0.684. The van der Waals surface area contributed by atoms with E-state index < -0.39 is 5.54 Å². The Balaban J connectivity index is 2.88. The highest BCUT2D eigenvalue weighted by molar-refractivity contribution is 5.86. The maximum atomic E-state index is 11.3. The average Bonchev–Trinajstić information content (AvgIpc) is 2.34. The van der Waals surface area contributed by atoms with Gasteiger partial charge in [-0.3, -0.25) is 4.79 Å². The molecule has 0 atom stereocenters. The summed E-state index contributed by atoms with van der Waals surface area (Å²) < 4.78 is 1.24. The van der Waals surface area contributed by atoms with Crippen molar-refractivity contribution in [2.24, 2.45) is 5.73 Å². The van der Waals surface area contributed by atoms with Crippen molar-refractivity contribution in [3.63, 3.8) is 0 Å². The Hall–Kier alpha value is -1.16. The van der Waals surface area contributed by atoms with Crippen LogP contribution in [0.5, 0.6) is 0 Å². The van der Waals surface area contributed by atoms with Crippen molar-refractivity contribution in [1.29, 1.82) is 0 Å². The monoisotopic (exact) mass is 153 g/mol. The van der Waals surface area contributed by atoms with Crippen molar-refractivity contribution in [2.45, 2.75) is 19.4 Å². The van der Waals surface area contributed by atoms with E-state index in [1.807, 2.05) is 0 Å². The smallest absolute Gasteiger partial charge is 0.266 e. The molecule has 2 N–H and O–H groups in total. The summed E-state index contributed by atoms with van der Waals surface area (Å²) in [5.41, 5.74) is 4.70. The third-order valence-electron chi connectivity index (χ3n) is 1.26. The molecule has 0 aliphatic carbocycles. The normalized spacial score (nSPS) is 11.5. The molecule has 0 amide bonds. The van der Waals surface area contributed by atoms with Crippen molar-refractivity contribution >= 4 is 5.91 Å². The lowest BCUT2D eigenvalue weighted by Crippen LogP contribution is -2.44. The van der Waals surface area contributed by atoms with E-state index in [9.17, 15) is 4.79 Å². The quantitative estimate of drug-likeness (QED) is 0.629. The topological polar surface area (TPSA) is 60.9 Å². The van der Waals surface area contributed by atoms with Gasteiger partial charge >= 0.3 is 0 Å². The SMILES string of the molecule is CC(C)(N)C(=O)n1cccn1. The van der Waals surface area contributed by atoms with Gasteiger partial charge in [-0.1, -0.05) is 0 Å². The van der Waals surface area contributed by atoms with Gasteiger partial charge in [0.15, 0.2) is 0 Å². The van der Waals surface area contributed by atoms with E-state index in [1.54, 1.807) is 32.3 Å².